The number of aryl methyl sites for hydroxylation is 2. The second kappa shape index (κ2) is 7.53. The fraction of sp³-hybridized carbons (Fsp3) is 0.529. The fourth-order valence-corrected chi connectivity index (χ4v) is 4.51. The van der Waals surface area contributed by atoms with Gasteiger partial charge in [0.2, 0.25) is 15.9 Å². The second-order valence-corrected chi connectivity index (χ2v) is 8.45. The van der Waals surface area contributed by atoms with Crippen LogP contribution in [0.2, 0.25) is 0 Å². The lowest BCUT2D eigenvalue weighted by Gasteiger charge is -2.32. The third kappa shape index (κ3) is 4.38. The Hall–Kier alpha value is -1.93. The zero-order chi connectivity index (χ0) is 18.8. The first-order chi connectivity index (χ1) is 11.6. The van der Waals surface area contributed by atoms with Crippen molar-refractivity contribution >= 4 is 21.9 Å². The van der Waals surface area contributed by atoms with Crippen molar-refractivity contribution in [1.29, 1.82) is 0 Å². The van der Waals surface area contributed by atoms with Crippen molar-refractivity contribution < 1.29 is 23.1 Å². The molecule has 1 heterocycles. The van der Waals surface area contributed by atoms with Crippen molar-refractivity contribution in [3.63, 3.8) is 0 Å². The predicted molar refractivity (Wildman–Crippen MR) is 92.7 cm³/mol. The molecule has 1 aromatic rings. The molecular formula is C17H24N2O5S. The van der Waals surface area contributed by atoms with E-state index in [9.17, 15) is 18.0 Å². The molecule has 1 N–H and O–H groups in total. The number of amides is 1. The summed E-state index contributed by atoms with van der Waals surface area (Å²) in [7, 11) is -2.12. The number of carbonyl (C=O) groups is 2. The van der Waals surface area contributed by atoms with Crippen LogP contribution < -0.4 is 0 Å². The number of carbonyl (C=O) groups excluding carboxylic acids is 1. The Bertz CT molecular complexity index is 767. The van der Waals surface area contributed by atoms with Gasteiger partial charge in [-0.25, -0.2) is 8.42 Å². The number of sulfonamides is 1. The Morgan fingerprint density at radius 1 is 1.20 bits per heavy atom. The summed E-state index contributed by atoms with van der Waals surface area (Å²) in [5.41, 5.74) is 1.95. The minimum atomic E-state index is -3.58. The molecule has 2 rings (SSSR count). The third-order valence-electron chi connectivity index (χ3n) is 4.67. The summed E-state index contributed by atoms with van der Waals surface area (Å²) >= 11 is 0. The summed E-state index contributed by atoms with van der Waals surface area (Å²) in [6.45, 7) is 3.97. The van der Waals surface area contributed by atoms with E-state index >= 15 is 0 Å². The van der Waals surface area contributed by atoms with E-state index in [4.69, 9.17) is 5.11 Å². The number of aliphatic carboxylic acids is 1. The molecule has 1 fully saturated rings. The van der Waals surface area contributed by atoms with Gasteiger partial charge in [0.25, 0.3) is 0 Å². The predicted octanol–water partition coefficient (Wildman–Crippen LogP) is 1.25. The molecule has 1 saturated heterocycles. The summed E-state index contributed by atoms with van der Waals surface area (Å²) in [5.74, 6) is -1.65. The highest BCUT2D eigenvalue weighted by Gasteiger charge is 2.33. The van der Waals surface area contributed by atoms with Crippen LogP contribution in [0, 0.1) is 19.8 Å². The number of nitrogens with zero attached hydrogens (tertiary/aromatic N) is 2. The molecule has 0 aliphatic carbocycles. The zero-order valence-electron chi connectivity index (χ0n) is 14.7. The van der Waals surface area contributed by atoms with Gasteiger partial charge in [0.05, 0.1) is 4.90 Å². The number of carboxylic acids is 1. The van der Waals surface area contributed by atoms with E-state index < -0.39 is 16.0 Å². The Morgan fingerprint density at radius 2 is 1.80 bits per heavy atom. The molecule has 0 unspecified atom stereocenters. The highest BCUT2D eigenvalue weighted by atomic mass is 32.2. The number of piperidine rings is 1. The molecule has 1 aliphatic heterocycles. The van der Waals surface area contributed by atoms with Gasteiger partial charge in [-0.2, -0.15) is 4.31 Å². The lowest BCUT2D eigenvalue weighted by atomic mass is 9.97. The standard InChI is InChI=1S/C17H24N2O5S/c1-12-4-5-15(10-13(12)2)25(23,24)19-8-6-14(7-9-19)17(22)18(3)11-16(20)21/h4-5,10,14H,6-9,11H2,1-3H3,(H,20,21). The van der Waals surface area contributed by atoms with Crippen LogP contribution in [0.1, 0.15) is 24.0 Å². The van der Waals surface area contributed by atoms with E-state index in [-0.39, 0.29) is 36.4 Å². The summed E-state index contributed by atoms with van der Waals surface area (Å²) < 4.78 is 26.9. The number of hydrogen-bond donors (Lipinski definition) is 1. The average Bonchev–Trinajstić information content (AvgIpc) is 2.56. The molecule has 7 nitrogen and oxygen atoms in total. The number of benzene rings is 1. The molecule has 1 aliphatic rings. The quantitative estimate of drug-likeness (QED) is 0.844. The number of carboxylic acid groups (broad SMARTS) is 1. The molecule has 25 heavy (non-hydrogen) atoms. The lowest BCUT2D eigenvalue weighted by Crippen LogP contribution is -2.44. The van der Waals surface area contributed by atoms with E-state index in [0.29, 0.717) is 12.8 Å². The van der Waals surface area contributed by atoms with Gasteiger partial charge in [-0.1, -0.05) is 6.07 Å². The van der Waals surface area contributed by atoms with E-state index in [1.54, 1.807) is 18.2 Å². The smallest absolute Gasteiger partial charge is 0.323 e. The maximum Gasteiger partial charge on any atom is 0.323 e. The normalized spacial score (nSPS) is 16.6. The first-order valence-electron chi connectivity index (χ1n) is 8.17. The Kier molecular flexibility index (Phi) is 5.84. The highest BCUT2D eigenvalue weighted by molar-refractivity contribution is 7.89. The minimum Gasteiger partial charge on any atom is -0.480 e. The van der Waals surface area contributed by atoms with Gasteiger partial charge in [-0.3, -0.25) is 9.59 Å². The largest absolute Gasteiger partial charge is 0.480 e. The van der Waals surface area contributed by atoms with Crippen LogP contribution in [0.15, 0.2) is 23.1 Å². The average molecular weight is 368 g/mol. The van der Waals surface area contributed by atoms with Crippen LogP contribution >= 0.6 is 0 Å². The Balaban J connectivity index is 2.04. The van der Waals surface area contributed by atoms with Gasteiger partial charge in [0.15, 0.2) is 0 Å². The van der Waals surface area contributed by atoms with Gasteiger partial charge >= 0.3 is 5.97 Å². The summed E-state index contributed by atoms with van der Waals surface area (Å²) in [6, 6.07) is 5.07. The zero-order valence-corrected chi connectivity index (χ0v) is 15.5. The van der Waals surface area contributed by atoms with E-state index in [1.807, 2.05) is 13.8 Å². The molecule has 0 radical (unpaired) electrons. The molecule has 0 saturated carbocycles. The molecule has 1 amide bonds. The van der Waals surface area contributed by atoms with E-state index in [1.165, 1.54) is 16.3 Å². The van der Waals surface area contributed by atoms with Crippen molar-refractivity contribution in [2.75, 3.05) is 26.7 Å². The topological polar surface area (TPSA) is 95.0 Å². The van der Waals surface area contributed by atoms with Gasteiger partial charge < -0.3 is 10.0 Å². The van der Waals surface area contributed by atoms with Crippen molar-refractivity contribution in [2.24, 2.45) is 5.92 Å². The maximum atomic E-state index is 12.8. The molecule has 1 aromatic carbocycles. The van der Waals surface area contributed by atoms with Crippen molar-refractivity contribution in [2.45, 2.75) is 31.6 Å². The van der Waals surface area contributed by atoms with Crippen molar-refractivity contribution in [3.8, 4) is 0 Å². The molecule has 0 spiro atoms. The molecular weight excluding hydrogens is 344 g/mol. The molecule has 138 valence electrons. The Labute approximate surface area is 148 Å². The summed E-state index contributed by atoms with van der Waals surface area (Å²) in [4.78, 5) is 24.4. The van der Waals surface area contributed by atoms with E-state index in [0.717, 1.165) is 11.1 Å². The van der Waals surface area contributed by atoms with Crippen LogP contribution in [0.3, 0.4) is 0 Å². The fourth-order valence-electron chi connectivity index (χ4n) is 2.96. The van der Waals surface area contributed by atoms with E-state index in [2.05, 4.69) is 0 Å². The molecule has 0 bridgehead atoms. The second-order valence-electron chi connectivity index (χ2n) is 6.51. The SMILES string of the molecule is Cc1ccc(S(=O)(=O)N2CCC(C(=O)N(C)CC(=O)O)CC2)cc1C. The first kappa shape index (κ1) is 19.4. The minimum absolute atomic E-state index is 0.245. The van der Waals surface area contributed by atoms with Crippen LogP contribution in [-0.4, -0.2) is 61.3 Å². The number of likely N-dealkylation sites (N-methyl/N-ethyl adjacent to an activating group) is 1. The van der Waals surface area contributed by atoms with Gasteiger partial charge in [0.1, 0.15) is 6.54 Å². The van der Waals surface area contributed by atoms with Crippen LogP contribution in [0.4, 0.5) is 0 Å². The number of rotatable bonds is 5. The third-order valence-corrected chi connectivity index (χ3v) is 6.56. The van der Waals surface area contributed by atoms with Crippen LogP contribution in [0.25, 0.3) is 0 Å². The lowest BCUT2D eigenvalue weighted by molar-refractivity contribution is -0.145. The van der Waals surface area contributed by atoms with Gasteiger partial charge in [-0.05, 0) is 49.9 Å². The summed E-state index contributed by atoms with van der Waals surface area (Å²) in [6.07, 6.45) is 0.791. The molecule has 0 aromatic heterocycles. The van der Waals surface area contributed by atoms with Crippen molar-refractivity contribution in [3.05, 3.63) is 29.3 Å². The van der Waals surface area contributed by atoms with Gasteiger partial charge in [0, 0.05) is 26.1 Å². The van der Waals surface area contributed by atoms with Crippen LogP contribution in [0.5, 0.6) is 0 Å². The monoisotopic (exact) mass is 368 g/mol. The maximum absolute atomic E-state index is 12.8. The highest BCUT2D eigenvalue weighted by Crippen LogP contribution is 2.26. The van der Waals surface area contributed by atoms with Gasteiger partial charge in [-0.15, -0.1) is 0 Å². The van der Waals surface area contributed by atoms with Crippen LogP contribution in [-0.2, 0) is 19.6 Å². The first-order valence-corrected chi connectivity index (χ1v) is 9.61. The van der Waals surface area contributed by atoms with Crippen molar-refractivity contribution in [1.82, 2.24) is 9.21 Å². The number of hydrogen-bond acceptors (Lipinski definition) is 4. The summed E-state index contributed by atoms with van der Waals surface area (Å²) in [5, 5.41) is 8.77. The molecule has 8 heteroatoms. The Morgan fingerprint density at radius 3 is 2.32 bits per heavy atom. The molecule has 0 atom stereocenters.